The summed E-state index contributed by atoms with van der Waals surface area (Å²) in [5.41, 5.74) is -3.30. The second-order valence-corrected chi connectivity index (χ2v) is 16.0. The molecule has 12 nitrogen and oxygen atoms in total. The molecule has 298 valence electrons. The van der Waals surface area contributed by atoms with E-state index in [4.69, 9.17) is 16.6 Å². The molecule has 8 rings (SSSR count). The number of aromatic nitrogens is 7. The van der Waals surface area contributed by atoms with Gasteiger partial charge in [-0.1, -0.05) is 11.6 Å². The van der Waals surface area contributed by atoms with Gasteiger partial charge in [-0.25, -0.2) is 27.5 Å². The molecule has 3 atom stereocenters. The van der Waals surface area contributed by atoms with Crippen molar-refractivity contribution in [1.29, 1.82) is 0 Å². The van der Waals surface area contributed by atoms with Crippen molar-refractivity contribution in [1.82, 2.24) is 39.4 Å². The Bertz CT molecular complexity index is 2650. The van der Waals surface area contributed by atoms with E-state index >= 15 is 8.78 Å². The number of hydrogen-bond acceptors (Lipinski definition) is 9. The summed E-state index contributed by atoms with van der Waals surface area (Å²) in [6, 6.07) is 5.46. The highest BCUT2D eigenvalue weighted by molar-refractivity contribution is 7.15. The molecule has 1 fully saturated rings. The van der Waals surface area contributed by atoms with Crippen LogP contribution >= 0.6 is 22.9 Å². The molecule has 1 amide bonds. The van der Waals surface area contributed by atoms with Gasteiger partial charge in [-0.2, -0.15) is 19.0 Å². The van der Waals surface area contributed by atoms with E-state index in [1.54, 1.807) is 14.1 Å². The van der Waals surface area contributed by atoms with Gasteiger partial charge in [0.05, 0.1) is 38.2 Å². The molecule has 0 unspecified atom stereocenters. The Morgan fingerprint density at radius 3 is 2.51 bits per heavy atom. The summed E-state index contributed by atoms with van der Waals surface area (Å²) >= 11 is 7.66. The Labute approximate surface area is 328 Å². The van der Waals surface area contributed by atoms with Crippen LogP contribution < -0.4 is 16.2 Å². The summed E-state index contributed by atoms with van der Waals surface area (Å²) in [4.78, 5) is 37.9. The summed E-state index contributed by atoms with van der Waals surface area (Å²) < 4.78 is 91.5. The summed E-state index contributed by atoms with van der Waals surface area (Å²) in [5.74, 6) is -8.21. The zero-order valence-corrected chi connectivity index (χ0v) is 32.0. The van der Waals surface area contributed by atoms with E-state index < -0.39 is 83.3 Å². The number of nitrogens with one attached hydrogen (secondary N) is 2. The maximum atomic E-state index is 15.4. The molecule has 0 bridgehead atoms. The van der Waals surface area contributed by atoms with Crippen LogP contribution in [0.15, 0.2) is 47.4 Å². The highest BCUT2D eigenvalue weighted by Gasteiger charge is 2.67. The number of anilines is 1. The molecular formula is C37H32ClF6N9O3S. The number of carbonyl (C=O) groups excluding carboxylic acids is 1. The highest BCUT2D eigenvalue weighted by atomic mass is 35.5. The molecule has 57 heavy (non-hydrogen) atoms. The molecule has 2 aliphatic carbocycles. The van der Waals surface area contributed by atoms with Crippen LogP contribution in [0.3, 0.4) is 0 Å². The first-order valence-corrected chi connectivity index (χ1v) is 18.7. The molecule has 1 saturated carbocycles. The third-order valence-corrected chi connectivity index (χ3v) is 11.7. The molecule has 20 heteroatoms. The fourth-order valence-electron chi connectivity index (χ4n) is 7.62. The summed E-state index contributed by atoms with van der Waals surface area (Å²) in [5, 5.41) is 25.5. The molecule has 2 aliphatic rings. The van der Waals surface area contributed by atoms with E-state index in [1.807, 2.05) is 0 Å². The molecule has 3 N–H and O–H groups in total. The van der Waals surface area contributed by atoms with Crippen LogP contribution in [0, 0.1) is 17.6 Å². The van der Waals surface area contributed by atoms with Crippen molar-refractivity contribution in [3.63, 3.8) is 0 Å². The topological polar surface area (TPSA) is 145 Å². The molecule has 0 spiro atoms. The minimum absolute atomic E-state index is 0.0111. The van der Waals surface area contributed by atoms with Crippen molar-refractivity contribution in [3.8, 4) is 16.3 Å². The van der Waals surface area contributed by atoms with E-state index in [-0.39, 0.29) is 39.8 Å². The SMILES string of the molecule is CNc1nn(C)c2c(-n3c([C@H](Cc4cc(F)cc(F)c4)NC(=O)Cn4nc(C(F)F)c5c4C(F)(F)[C@@H]4C[C@H]54)nc(-c4cnc(C(C)(C)O)s4)cc3=O)ccc(Cl)c12. The van der Waals surface area contributed by atoms with Gasteiger partial charge in [-0.15, -0.1) is 11.3 Å². The maximum absolute atomic E-state index is 15.4. The number of carbonyl (C=O) groups is 1. The molecule has 0 saturated heterocycles. The molecule has 2 aromatic carbocycles. The van der Waals surface area contributed by atoms with Gasteiger partial charge < -0.3 is 15.7 Å². The summed E-state index contributed by atoms with van der Waals surface area (Å²) in [6.45, 7) is 2.10. The Kier molecular flexibility index (Phi) is 9.27. The first-order chi connectivity index (χ1) is 26.9. The molecule has 4 heterocycles. The lowest BCUT2D eigenvalue weighted by Gasteiger charge is -2.24. The first-order valence-electron chi connectivity index (χ1n) is 17.5. The van der Waals surface area contributed by atoms with E-state index in [2.05, 4.69) is 25.8 Å². The minimum Gasteiger partial charge on any atom is -0.383 e. The number of halogens is 7. The second-order valence-electron chi connectivity index (χ2n) is 14.6. The Morgan fingerprint density at radius 2 is 1.86 bits per heavy atom. The lowest BCUT2D eigenvalue weighted by molar-refractivity contribution is -0.123. The van der Waals surface area contributed by atoms with Crippen LogP contribution in [0.1, 0.15) is 72.0 Å². The van der Waals surface area contributed by atoms with Crippen molar-refractivity contribution >= 4 is 45.6 Å². The number of alkyl halides is 4. The van der Waals surface area contributed by atoms with Crippen LogP contribution in [-0.4, -0.2) is 52.2 Å². The zero-order chi connectivity index (χ0) is 40.9. The Balaban J connectivity index is 1.31. The van der Waals surface area contributed by atoms with Crippen LogP contribution in [-0.2, 0) is 36.3 Å². The predicted octanol–water partition coefficient (Wildman–Crippen LogP) is 6.89. The van der Waals surface area contributed by atoms with Gasteiger partial charge in [-0.05, 0) is 56.0 Å². The van der Waals surface area contributed by atoms with Crippen LogP contribution in [0.2, 0.25) is 5.02 Å². The monoisotopic (exact) mass is 831 g/mol. The molecular weight excluding hydrogens is 800 g/mol. The van der Waals surface area contributed by atoms with Gasteiger partial charge in [0.2, 0.25) is 5.91 Å². The quantitative estimate of drug-likeness (QED) is 0.120. The number of aryl methyl sites for hydroxylation is 1. The normalized spacial score (nSPS) is 17.6. The fraction of sp³-hybridized carbons (Fsp3) is 0.351. The van der Waals surface area contributed by atoms with Crippen molar-refractivity contribution in [2.45, 2.75) is 63.1 Å². The predicted molar refractivity (Wildman–Crippen MR) is 198 cm³/mol. The third kappa shape index (κ3) is 6.64. The standard InChI is InChI=1S/C37H32ClF6N9O3S/c1-36(2,56)35-46-13-24(57-35)21-12-26(55)53(23-6-5-20(38)28-30(23)51(4)50-33(28)45-3)34(48-21)22(9-15-7-16(39)10-17(40)8-15)47-25(54)14-52-31-27(29(49-52)32(41)42)18-11-19(18)37(31,43)44/h5-8,10,12-13,18-19,22,32,56H,9,11,14H2,1-4H3,(H,45,50)(H,47,54)/t18-,19+,22-/m0/s1. The highest BCUT2D eigenvalue weighted by Crippen LogP contribution is 2.68. The van der Waals surface area contributed by atoms with Gasteiger partial charge >= 0.3 is 0 Å². The van der Waals surface area contributed by atoms with Gasteiger partial charge in [-0.3, -0.25) is 23.5 Å². The number of hydrogen-bond donors (Lipinski definition) is 3. The van der Waals surface area contributed by atoms with Crippen molar-refractivity contribution in [2.75, 3.05) is 12.4 Å². The smallest absolute Gasteiger partial charge is 0.293 e. The minimum atomic E-state index is -3.51. The number of nitrogens with zero attached hydrogens (tertiary/aromatic N) is 7. The second kappa shape index (κ2) is 13.7. The van der Waals surface area contributed by atoms with Gasteiger partial charge in [0.1, 0.15) is 46.0 Å². The van der Waals surface area contributed by atoms with E-state index in [9.17, 15) is 32.3 Å². The van der Waals surface area contributed by atoms with Crippen molar-refractivity contribution in [2.24, 2.45) is 13.0 Å². The average Bonchev–Trinajstić information content (AvgIpc) is 3.37. The number of thiazole rings is 1. The third-order valence-electron chi connectivity index (χ3n) is 10.1. The molecule has 0 radical (unpaired) electrons. The fourth-order valence-corrected chi connectivity index (χ4v) is 8.74. The number of aliphatic hydroxyl groups is 1. The van der Waals surface area contributed by atoms with E-state index in [1.165, 1.54) is 42.9 Å². The van der Waals surface area contributed by atoms with Crippen molar-refractivity contribution < 1.29 is 36.2 Å². The van der Waals surface area contributed by atoms with Gasteiger partial charge in [0.15, 0.2) is 5.82 Å². The van der Waals surface area contributed by atoms with Gasteiger partial charge in [0.25, 0.3) is 17.9 Å². The molecule has 0 aliphatic heterocycles. The van der Waals surface area contributed by atoms with Gasteiger partial charge in [0, 0.05) is 50.3 Å². The van der Waals surface area contributed by atoms with Crippen molar-refractivity contribution in [3.05, 3.63) is 103 Å². The van der Waals surface area contributed by atoms with E-state index in [0.717, 1.165) is 28.0 Å². The lowest BCUT2D eigenvalue weighted by Crippen LogP contribution is -2.38. The zero-order valence-electron chi connectivity index (χ0n) is 30.4. The first kappa shape index (κ1) is 38.6. The lowest BCUT2D eigenvalue weighted by atomic mass is 10.0. The van der Waals surface area contributed by atoms with Crippen LogP contribution in [0.5, 0.6) is 0 Å². The van der Waals surface area contributed by atoms with Crippen LogP contribution in [0.4, 0.5) is 32.2 Å². The van der Waals surface area contributed by atoms with Crippen LogP contribution in [0.25, 0.3) is 27.2 Å². The molecule has 4 aromatic heterocycles. The summed E-state index contributed by atoms with van der Waals surface area (Å²) in [6.07, 6.45) is -2.17. The Morgan fingerprint density at radius 1 is 1.14 bits per heavy atom. The number of amides is 1. The van der Waals surface area contributed by atoms with E-state index in [0.29, 0.717) is 37.4 Å². The Hall–Kier alpha value is -5.27. The number of benzene rings is 2. The number of fused-ring (bicyclic) bond motifs is 4. The molecule has 6 aromatic rings. The summed E-state index contributed by atoms with van der Waals surface area (Å²) in [7, 11) is 3.23. The average molecular weight is 832 g/mol. The number of rotatable bonds is 11. The largest absolute Gasteiger partial charge is 0.383 e. The maximum Gasteiger partial charge on any atom is 0.293 e.